The van der Waals surface area contributed by atoms with Crippen molar-refractivity contribution in [3.63, 3.8) is 0 Å². The molecule has 0 aromatic carbocycles. The second-order valence-electron chi connectivity index (χ2n) is 3.02. The number of hydrogen-bond acceptors (Lipinski definition) is 5. The minimum absolute atomic E-state index is 0.206. The third-order valence-electron chi connectivity index (χ3n) is 1.97. The maximum Gasteiger partial charge on any atom is 0.195 e. The van der Waals surface area contributed by atoms with Crippen LogP contribution in [0, 0.1) is 4.91 Å². The molecule has 1 N–H and O–H groups in total. The Morgan fingerprint density at radius 1 is 1.53 bits per heavy atom. The standard InChI is InChI=1S/C8H16N4O.C2H6/c1-2-3-4-9-8-10-5-6-12(8)7-11-13;1-2/h2-7H2,1H3,(H,9,10);1-2H3. The van der Waals surface area contributed by atoms with Crippen LogP contribution in [0.5, 0.6) is 0 Å². The average Bonchev–Trinajstić information content (AvgIpc) is 2.70. The molecule has 15 heavy (non-hydrogen) atoms. The minimum Gasteiger partial charge on any atom is -0.356 e. The van der Waals surface area contributed by atoms with E-state index in [2.05, 4.69) is 22.4 Å². The molecule has 0 aromatic rings. The van der Waals surface area contributed by atoms with E-state index in [0.29, 0.717) is 0 Å². The quantitative estimate of drug-likeness (QED) is 0.561. The first-order valence-electron chi connectivity index (χ1n) is 5.71. The van der Waals surface area contributed by atoms with Crippen LogP contribution in [0.3, 0.4) is 0 Å². The summed E-state index contributed by atoms with van der Waals surface area (Å²) in [5.41, 5.74) is 0. The van der Waals surface area contributed by atoms with Gasteiger partial charge in [0.2, 0.25) is 0 Å². The molecule has 0 saturated heterocycles. The van der Waals surface area contributed by atoms with Crippen LogP contribution in [0.2, 0.25) is 0 Å². The largest absolute Gasteiger partial charge is 0.356 e. The summed E-state index contributed by atoms with van der Waals surface area (Å²) in [6.45, 7) is 8.84. The van der Waals surface area contributed by atoms with Gasteiger partial charge in [0.05, 0.1) is 6.54 Å². The summed E-state index contributed by atoms with van der Waals surface area (Å²) in [6, 6.07) is 0. The van der Waals surface area contributed by atoms with Crippen molar-refractivity contribution in [1.82, 2.24) is 10.2 Å². The van der Waals surface area contributed by atoms with E-state index in [1.54, 1.807) is 0 Å². The van der Waals surface area contributed by atoms with Crippen molar-refractivity contribution < 1.29 is 0 Å². The Bertz CT molecular complexity index is 194. The van der Waals surface area contributed by atoms with E-state index < -0.39 is 0 Å². The Kier molecular flexibility index (Phi) is 8.72. The smallest absolute Gasteiger partial charge is 0.195 e. The molecular formula is C10H22N4O. The van der Waals surface area contributed by atoms with Crippen LogP contribution >= 0.6 is 0 Å². The fraction of sp³-hybridized carbons (Fsp3) is 0.900. The van der Waals surface area contributed by atoms with E-state index in [1.807, 2.05) is 18.7 Å². The summed E-state index contributed by atoms with van der Waals surface area (Å²) in [4.78, 5) is 16.2. The lowest BCUT2D eigenvalue weighted by molar-refractivity contribution is 0.454. The first-order valence-corrected chi connectivity index (χ1v) is 5.71. The van der Waals surface area contributed by atoms with Crippen molar-refractivity contribution in [2.24, 2.45) is 10.2 Å². The number of guanidine groups is 1. The minimum atomic E-state index is 0.206. The van der Waals surface area contributed by atoms with Crippen molar-refractivity contribution in [2.75, 3.05) is 26.3 Å². The van der Waals surface area contributed by atoms with Gasteiger partial charge in [-0.3, -0.25) is 4.99 Å². The molecule has 0 bridgehead atoms. The number of aliphatic imine (C=N–C) groups is 1. The SMILES string of the molecule is CC.CCCCNC1=NCCN1CN=O. The van der Waals surface area contributed by atoms with Gasteiger partial charge in [0, 0.05) is 13.1 Å². The number of rotatable bonds is 5. The number of unbranched alkanes of at least 4 members (excludes halogenated alkanes) is 1. The molecule has 0 amide bonds. The summed E-state index contributed by atoms with van der Waals surface area (Å²) in [7, 11) is 0. The molecule has 0 aliphatic carbocycles. The molecule has 0 atom stereocenters. The molecule has 0 fully saturated rings. The molecule has 0 radical (unpaired) electrons. The average molecular weight is 214 g/mol. The Morgan fingerprint density at radius 3 is 2.87 bits per heavy atom. The van der Waals surface area contributed by atoms with Crippen LogP contribution in [0.4, 0.5) is 0 Å². The molecule has 5 nitrogen and oxygen atoms in total. The van der Waals surface area contributed by atoms with Gasteiger partial charge in [-0.15, -0.1) is 4.91 Å². The Hall–Kier alpha value is -1.13. The highest BCUT2D eigenvalue weighted by Crippen LogP contribution is 1.99. The summed E-state index contributed by atoms with van der Waals surface area (Å²) in [5.74, 6) is 0.827. The third-order valence-corrected chi connectivity index (χ3v) is 1.97. The summed E-state index contributed by atoms with van der Waals surface area (Å²) < 4.78 is 0. The van der Waals surface area contributed by atoms with Crippen molar-refractivity contribution in [1.29, 1.82) is 0 Å². The molecule has 88 valence electrons. The summed E-state index contributed by atoms with van der Waals surface area (Å²) in [5, 5.41) is 6.05. The third kappa shape index (κ3) is 5.34. The Balaban J connectivity index is 0.000000921. The van der Waals surface area contributed by atoms with Crippen molar-refractivity contribution >= 4 is 5.96 Å². The highest BCUT2D eigenvalue weighted by molar-refractivity contribution is 5.81. The highest BCUT2D eigenvalue weighted by atomic mass is 16.3. The monoisotopic (exact) mass is 214 g/mol. The van der Waals surface area contributed by atoms with Gasteiger partial charge >= 0.3 is 0 Å². The normalized spacial score (nSPS) is 14.1. The van der Waals surface area contributed by atoms with Crippen molar-refractivity contribution in [3.8, 4) is 0 Å². The second kappa shape index (κ2) is 9.43. The molecule has 1 aliphatic rings. The zero-order valence-electron chi connectivity index (χ0n) is 9.99. The van der Waals surface area contributed by atoms with E-state index in [-0.39, 0.29) is 6.67 Å². The molecule has 1 rings (SSSR count). The number of hydrogen-bond donors (Lipinski definition) is 1. The number of nitrogens with zero attached hydrogens (tertiary/aromatic N) is 3. The van der Waals surface area contributed by atoms with Crippen LogP contribution < -0.4 is 5.32 Å². The van der Waals surface area contributed by atoms with E-state index in [0.717, 1.165) is 38.4 Å². The predicted octanol–water partition coefficient (Wildman–Crippen LogP) is 1.80. The zero-order valence-corrected chi connectivity index (χ0v) is 9.99. The van der Waals surface area contributed by atoms with Gasteiger partial charge in [-0.05, 0) is 11.6 Å². The van der Waals surface area contributed by atoms with Crippen LogP contribution in [0.15, 0.2) is 10.2 Å². The lowest BCUT2D eigenvalue weighted by Crippen LogP contribution is -2.38. The van der Waals surface area contributed by atoms with Crippen molar-refractivity contribution in [2.45, 2.75) is 33.6 Å². The van der Waals surface area contributed by atoms with Gasteiger partial charge in [-0.2, -0.15) is 0 Å². The van der Waals surface area contributed by atoms with Gasteiger partial charge in [0.15, 0.2) is 12.6 Å². The van der Waals surface area contributed by atoms with Gasteiger partial charge < -0.3 is 10.2 Å². The highest BCUT2D eigenvalue weighted by Gasteiger charge is 2.15. The van der Waals surface area contributed by atoms with Gasteiger partial charge in [0.1, 0.15) is 0 Å². The fourth-order valence-corrected chi connectivity index (χ4v) is 1.23. The molecule has 1 heterocycles. The van der Waals surface area contributed by atoms with Gasteiger partial charge in [-0.1, -0.05) is 27.2 Å². The van der Waals surface area contributed by atoms with Crippen LogP contribution in [-0.4, -0.2) is 37.2 Å². The lowest BCUT2D eigenvalue weighted by atomic mass is 10.3. The van der Waals surface area contributed by atoms with Gasteiger partial charge in [0.25, 0.3) is 0 Å². The Morgan fingerprint density at radius 2 is 2.27 bits per heavy atom. The van der Waals surface area contributed by atoms with E-state index in [9.17, 15) is 4.91 Å². The lowest BCUT2D eigenvalue weighted by Gasteiger charge is -2.16. The first kappa shape index (κ1) is 13.9. The zero-order chi connectivity index (χ0) is 11.5. The van der Waals surface area contributed by atoms with Crippen LogP contribution in [0.1, 0.15) is 33.6 Å². The summed E-state index contributed by atoms with van der Waals surface area (Å²) in [6.07, 6.45) is 2.29. The number of nitroso groups, excluding NO2 is 1. The van der Waals surface area contributed by atoms with E-state index in [1.165, 1.54) is 0 Å². The molecule has 0 spiro atoms. The van der Waals surface area contributed by atoms with E-state index in [4.69, 9.17) is 0 Å². The first-order chi connectivity index (χ1) is 7.38. The topological polar surface area (TPSA) is 57.1 Å². The maximum atomic E-state index is 10.1. The fourth-order valence-electron chi connectivity index (χ4n) is 1.23. The van der Waals surface area contributed by atoms with Crippen LogP contribution in [0.25, 0.3) is 0 Å². The molecule has 5 heteroatoms. The second-order valence-corrected chi connectivity index (χ2v) is 3.02. The predicted molar refractivity (Wildman–Crippen MR) is 63.9 cm³/mol. The molecule has 1 aliphatic heterocycles. The molecule has 0 unspecified atom stereocenters. The molecular weight excluding hydrogens is 192 g/mol. The Labute approximate surface area is 91.9 Å². The van der Waals surface area contributed by atoms with Crippen molar-refractivity contribution in [3.05, 3.63) is 4.91 Å². The van der Waals surface area contributed by atoms with Crippen LogP contribution in [-0.2, 0) is 0 Å². The van der Waals surface area contributed by atoms with E-state index >= 15 is 0 Å². The number of nitrogens with one attached hydrogen (secondary N) is 1. The van der Waals surface area contributed by atoms with Gasteiger partial charge in [-0.25, -0.2) is 0 Å². The maximum absolute atomic E-state index is 10.1. The molecule has 0 saturated carbocycles. The summed E-state index contributed by atoms with van der Waals surface area (Å²) >= 11 is 0. The molecule has 0 aromatic heterocycles.